The Balaban J connectivity index is 2.47. The van der Waals surface area contributed by atoms with E-state index in [2.05, 4.69) is 23.5 Å². The Bertz CT molecular complexity index is 149. The normalized spacial score (nSPS) is 25.9. The predicted octanol–water partition coefficient (Wildman–Crippen LogP) is -0.107. The molecule has 1 aliphatic heterocycles. The second-order valence-corrected chi connectivity index (χ2v) is 1.81. The molecule has 0 spiro atoms. The van der Waals surface area contributed by atoms with Crippen molar-refractivity contribution in [1.29, 1.82) is 0 Å². The molecule has 0 radical (unpaired) electrons. The van der Waals surface area contributed by atoms with E-state index in [9.17, 15) is 0 Å². The number of hydrogen-bond donors (Lipinski definition) is 1. The van der Waals surface area contributed by atoms with Crippen molar-refractivity contribution in [2.24, 2.45) is 0 Å². The molecule has 0 aromatic heterocycles. The summed E-state index contributed by atoms with van der Waals surface area (Å²) in [5.74, 6) is 2.42. The SMILES string of the molecule is C#C[C@H]1CNC(=S)O1. The number of rotatable bonds is 0. The summed E-state index contributed by atoms with van der Waals surface area (Å²) >= 11 is 4.63. The van der Waals surface area contributed by atoms with Gasteiger partial charge in [-0.3, -0.25) is 0 Å². The zero-order chi connectivity index (χ0) is 5.98. The summed E-state index contributed by atoms with van der Waals surface area (Å²) in [6, 6.07) is 0. The number of ether oxygens (including phenoxy) is 1. The van der Waals surface area contributed by atoms with Gasteiger partial charge < -0.3 is 10.1 Å². The fraction of sp³-hybridized carbons (Fsp3) is 0.400. The van der Waals surface area contributed by atoms with Gasteiger partial charge in [0.05, 0.1) is 6.54 Å². The number of terminal acetylenes is 1. The number of thiocarbonyl (C=S) groups is 1. The molecule has 1 atom stereocenters. The molecule has 1 rings (SSSR count). The van der Waals surface area contributed by atoms with Crippen LogP contribution in [0.4, 0.5) is 0 Å². The van der Waals surface area contributed by atoms with Gasteiger partial charge in [0, 0.05) is 0 Å². The maximum atomic E-state index is 5.02. The highest BCUT2D eigenvalue weighted by Crippen LogP contribution is 1.96. The Hall–Kier alpha value is -0.750. The van der Waals surface area contributed by atoms with Crippen LogP contribution in [0.25, 0.3) is 0 Å². The molecule has 1 heterocycles. The Labute approximate surface area is 53.2 Å². The van der Waals surface area contributed by atoms with Crippen LogP contribution in [0.3, 0.4) is 0 Å². The Morgan fingerprint density at radius 3 is 3.00 bits per heavy atom. The molecule has 0 saturated carbocycles. The van der Waals surface area contributed by atoms with Gasteiger partial charge in [-0.15, -0.1) is 6.42 Å². The van der Waals surface area contributed by atoms with Crippen LogP contribution in [-0.2, 0) is 4.74 Å². The van der Waals surface area contributed by atoms with E-state index in [-0.39, 0.29) is 6.10 Å². The molecule has 0 bridgehead atoms. The third kappa shape index (κ3) is 0.903. The Morgan fingerprint density at radius 1 is 2.00 bits per heavy atom. The molecule has 8 heavy (non-hydrogen) atoms. The van der Waals surface area contributed by atoms with Gasteiger partial charge in [-0.05, 0) is 12.2 Å². The van der Waals surface area contributed by atoms with Gasteiger partial charge in [0.25, 0.3) is 5.17 Å². The van der Waals surface area contributed by atoms with Gasteiger partial charge in [-0.2, -0.15) is 0 Å². The van der Waals surface area contributed by atoms with Crippen LogP contribution in [0.1, 0.15) is 0 Å². The summed E-state index contributed by atoms with van der Waals surface area (Å²) in [4.78, 5) is 0. The van der Waals surface area contributed by atoms with E-state index in [4.69, 9.17) is 11.2 Å². The molecule has 3 heteroatoms. The van der Waals surface area contributed by atoms with Crippen molar-refractivity contribution in [2.75, 3.05) is 6.54 Å². The maximum Gasteiger partial charge on any atom is 0.258 e. The molecule has 1 aliphatic rings. The van der Waals surface area contributed by atoms with Gasteiger partial charge in [-0.25, -0.2) is 0 Å². The fourth-order valence-corrected chi connectivity index (χ4v) is 0.681. The predicted molar refractivity (Wildman–Crippen MR) is 34.3 cm³/mol. The van der Waals surface area contributed by atoms with E-state index in [1.54, 1.807) is 0 Å². The zero-order valence-electron chi connectivity index (χ0n) is 4.18. The minimum Gasteiger partial charge on any atom is -0.453 e. The minimum atomic E-state index is -0.150. The van der Waals surface area contributed by atoms with Gasteiger partial charge in [-0.1, -0.05) is 5.92 Å². The largest absolute Gasteiger partial charge is 0.453 e. The number of nitrogens with one attached hydrogen (secondary N) is 1. The third-order valence-corrected chi connectivity index (χ3v) is 1.11. The summed E-state index contributed by atoms with van der Waals surface area (Å²) in [7, 11) is 0. The lowest BCUT2D eigenvalue weighted by Gasteiger charge is -1.94. The van der Waals surface area contributed by atoms with E-state index in [1.165, 1.54) is 0 Å². The lowest BCUT2D eigenvalue weighted by atomic mass is 10.4. The van der Waals surface area contributed by atoms with Crippen LogP contribution >= 0.6 is 12.2 Å². The van der Waals surface area contributed by atoms with E-state index >= 15 is 0 Å². The first-order valence-electron chi connectivity index (χ1n) is 2.23. The molecular formula is C5H5NOS. The van der Waals surface area contributed by atoms with Crippen molar-refractivity contribution in [2.45, 2.75) is 6.10 Å². The van der Waals surface area contributed by atoms with E-state index in [1.807, 2.05) is 0 Å². The molecule has 0 unspecified atom stereocenters. The maximum absolute atomic E-state index is 5.02. The van der Waals surface area contributed by atoms with Gasteiger partial charge in [0.15, 0.2) is 6.10 Å². The fourth-order valence-electron chi connectivity index (χ4n) is 0.482. The van der Waals surface area contributed by atoms with Gasteiger partial charge >= 0.3 is 0 Å². The summed E-state index contributed by atoms with van der Waals surface area (Å²) < 4.78 is 4.89. The van der Waals surface area contributed by atoms with E-state index in [0.29, 0.717) is 11.7 Å². The quantitative estimate of drug-likeness (QED) is 0.362. The summed E-state index contributed by atoms with van der Waals surface area (Å²) in [5.41, 5.74) is 0. The van der Waals surface area contributed by atoms with Crippen molar-refractivity contribution in [1.82, 2.24) is 5.32 Å². The molecule has 0 aliphatic carbocycles. The molecule has 1 N–H and O–H groups in total. The van der Waals surface area contributed by atoms with Crippen molar-refractivity contribution >= 4 is 17.4 Å². The highest BCUT2D eigenvalue weighted by molar-refractivity contribution is 7.80. The lowest BCUT2D eigenvalue weighted by Crippen LogP contribution is -2.13. The Kier molecular flexibility index (Phi) is 1.36. The standard InChI is InChI=1S/C5H5NOS/c1-2-4-3-6-5(8)7-4/h1,4H,3H2,(H,6,8)/t4-/m0/s1. The lowest BCUT2D eigenvalue weighted by molar-refractivity contribution is 0.296. The molecular weight excluding hydrogens is 122 g/mol. The monoisotopic (exact) mass is 127 g/mol. The van der Waals surface area contributed by atoms with Crippen molar-refractivity contribution in [3.63, 3.8) is 0 Å². The first-order valence-corrected chi connectivity index (χ1v) is 2.64. The van der Waals surface area contributed by atoms with Crippen LogP contribution in [0.15, 0.2) is 0 Å². The summed E-state index contributed by atoms with van der Waals surface area (Å²) in [6.07, 6.45) is 4.87. The molecule has 0 aromatic rings. The average molecular weight is 127 g/mol. The van der Waals surface area contributed by atoms with Crippen LogP contribution in [0, 0.1) is 12.3 Å². The van der Waals surface area contributed by atoms with Crippen LogP contribution in [0.2, 0.25) is 0 Å². The van der Waals surface area contributed by atoms with Crippen molar-refractivity contribution in [3.05, 3.63) is 0 Å². The topological polar surface area (TPSA) is 21.3 Å². The molecule has 0 amide bonds. The van der Waals surface area contributed by atoms with Crippen molar-refractivity contribution < 1.29 is 4.74 Å². The smallest absolute Gasteiger partial charge is 0.258 e. The molecule has 42 valence electrons. The number of hydrogen-bond acceptors (Lipinski definition) is 2. The van der Waals surface area contributed by atoms with E-state index < -0.39 is 0 Å². The molecule has 2 nitrogen and oxygen atoms in total. The molecule has 0 aromatic carbocycles. The van der Waals surface area contributed by atoms with Crippen LogP contribution in [0.5, 0.6) is 0 Å². The minimum absolute atomic E-state index is 0.150. The third-order valence-electron chi connectivity index (χ3n) is 0.867. The summed E-state index contributed by atoms with van der Waals surface area (Å²) in [6.45, 7) is 0.648. The average Bonchev–Trinajstić information content (AvgIpc) is 2.14. The first-order chi connectivity index (χ1) is 3.83. The first kappa shape index (κ1) is 5.39. The highest BCUT2D eigenvalue weighted by atomic mass is 32.1. The second-order valence-electron chi connectivity index (χ2n) is 1.44. The highest BCUT2D eigenvalue weighted by Gasteiger charge is 2.15. The molecule has 1 fully saturated rings. The second kappa shape index (κ2) is 2.01. The summed E-state index contributed by atoms with van der Waals surface area (Å²) in [5, 5.41) is 3.20. The molecule has 1 saturated heterocycles. The van der Waals surface area contributed by atoms with Crippen molar-refractivity contribution in [3.8, 4) is 12.3 Å². The van der Waals surface area contributed by atoms with Gasteiger partial charge in [0.2, 0.25) is 0 Å². The van der Waals surface area contributed by atoms with E-state index in [0.717, 1.165) is 0 Å². The Morgan fingerprint density at radius 2 is 2.75 bits per heavy atom. The van der Waals surface area contributed by atoms with Crippen LogP contribution < -0.4 is 5.32 Å². The van der Waals surface area contributed by atoms with Gasteiger partial charge in [0.1, 0.15) is 0 Å². The van der Waals surface area contributed by atoms with Crippen LogP contribution in [-0.4, -0.2) is 17.8 Å². The zero-order valence-corrected chi connectivity index (χ0v) is 4.99.